The molecule has 0 bridgehead atoms. The van der Waals surface area contributed by atoms with E-state index in [1.807, 2.05) is 0 Å². The minimum atomic E-state index is -0.309. The van der Waals surface area contributed by atoms with E-state index >= 15 is 0 Å². The lowest BCUT2D eigenvalue weighted by Gasteiger charge is -2.31. The van der Waals surface area contributed by atoms with E-state index < -0.39 is 0 Å². The summed E-state index contributed by atoms with van der Waals surface area (Å²) in [5.74, 6) is 0.0818. The molecule has 0 amide bonds. The van der Waals surface area contributed by atoms with Crippen LogP contribution in [0.25, 0.3) is 110 Å². The summed E-state index contributed by atoms with van der Waals surface area (Å²) in [6.07, 6.45) is 0.846. The van der Waals surface area contributed by atoms with Crippen molar-refractivity contribution in [1.29, 1.82) is 0 Å². The van der Waals surface area contributed by atoms with Crippen molar-refractivity contribution in [2.24, 2.45) is 0 Å². The normalized spacial score (nSPS) is 16.4. The average Bonchev–Trinajstić information content (AvgIpc) is 3.02. The largest absolute Gasteiger partial charge is 0.455 e. The molecule has 2 heterocycles. The van der Waals surface area contributed by atoms with Gasteiger partial charge in [-0.05, 0) is 147 Å². The third-order valence-electron chi connectivity index (χ3n) is 20.2. The predicted molar refractivity (Wildman–Crippen MR) is 333 cm³/mol. The zero-order chi connectivity index (χ0) is 53.9. The van der Waals surface area contributed by atoms with E-state index in [0.717, 1.165) is 34.3 Å². The van der Waals surface area contributed by atoms with E-state index in [0.29, 0.717) is 0 Å². The lowest BCUT2D eigenvalue weighted by atomic mass is 9.71. The highest BCUT2D eigenvalue weighted by Crippen LogP contribution is 2.64. The number of furan rings is 2. The van der Waals surface area contributed by atoms with Crippen molar-refractivity contribution in [2.75, 3.05) is 0 Å². The minimum Gasteiger partial charge on any atom is -0.455 e. The molecule has 0 fully saturated rings. The fourth-order valence-corrected chi connectivity index (χ4v) is 16.2. The third-order valence-corrected chi connectivity index (χ3v) is 20.2. The van der Waals surface area contributed by atoms with Gasteiger partial charge in [-0.3, -0.25) is 0 Å². The molecule has 0 spiro atoms. The highest BCUT2D eigenvalue weighted by Gasteiger charge is 2.49. The van der Waals surface area contributed by atoms with Crippen LogP contribution in [0.3, 0.4) is 0 Å². The van der Waals surface area contributed by atoms with Gasteiger partial charge in [0.2, 0.25) is 0 Å². The number of para-hydroxylation sites is 2. The molecular formula is C78H60O2. The highest BCUT2D eigenvalue weighted by atomic mass is 16.3. The monoisotopic (exact) mass is 1030 g/mol. The van der Waals surface area contributed by atoms with Crippen molar-refractivity contribution < 1.29 is 8.83 Å². The second-order valence-corrected chi connectivity index (χ2v) is 25.9. The molecule has 80 heavy (non-hydrogen) atoms. The summed E-state index contributed by atoms with van der Waals surface area (Å²) in [5.41, 5.74) is 30.8. The maximum atomic E-state index is 7.10. The lowest BCUT2D eigenvalue weighted by Crippen LogP contribution is -2.24. The van der Waals surface area contributed by atoms with Crippen molar-refractivity contribution in [1.82, 2.24) is 0 Å². The van der Waals surface area contributed by atoms with Crippen LogP contribution in [-0.2, 0) is 28.1 Å². The summed E-state index contributed by atoms with van der Waals surface area (Å²) < 4.78 is 14.1. The van der Waals surface area contributed by atoms with Crippen molar-refractivity contribution >= 4 is 54.6 Å². The second-order valence-electron chi connectivity index (χ2n) is 25.9. The molecule has 1 unspecified atom stereocenters. The Hall–Kier alpha value is -8.72. The van der Waals surface area contributed by atoms with Crippen LogP contribution >= 0.6 is 0 Å². The molecule has 0 aliphatic heterocycles. The summed E-state index contributed by atoms with van der Waals surface area (Å²) in [4.78, 5) is 0. The Morgan fingerprint density at radius 2 is 0.850 bits per heavy atom. The molecule has 0 radical (unpaired) electrons. The fourth-order valence-electron chi connectivity index (χ4n) is 16.2. The number of rotatable bonds is 5. The Kier molecular flexibility index (Phi) is 8.98. The smallest absolute Gasteiger partial charge is 0.144 e. The van der Waals surface area contributed by atoms with Crippen LogP contribution in [0.2, 0.25) is 0 Å². The van der Waals surface area contributed by atoms with Crippen molar-refractivity contribution in [2.45, 2.75) is 89.4 Å². The van der Waals surface area contributed by atoms with Gasteiger partial charge < -0.3 is 8.83 Å². The van der Waals surface area contributed by atoms with Gasteiger partial charge >= 0.3 is 0 Å². The van der Waals surface area contributed by atoms with E-state index in [1.165, 1.54) is 144 Å². The molecule has 384 valence electrons. The summed E-state index contributed by atoms with van der Waals surface area (Å²) in [6, 6.07) is 75.8. The van der Waals surface area contributed by atoms with Gasteiger partial charge in [-0.1, -0.05) is 231 Å². The van der Waals surface area contributed by atoms with Crippen LogP contribution in [0.5, 0.6) is 0 Å². The first-order chi connectivity index (χ1) is 38.7. The number of hydrogen-bond acceptors (Lipinski definition) is 2. The van der Waals surface area contributed by atoms with Crippen LogP contribution in [0.1, 0.15) is 123 Å². The molecule has 1 atom stereocenters. The Balaban J connectivity index is 0.823. The molecule has 2 heteroatoms. The zero-order valence-corrected chi connectivity index (χ0v) is 46.7. The van der Waals surface area contributed by atoms with Gasteiger partial charge in [-0.15, -0.1) is 0 Å². The predicted octanol–water partition coefficient (Wildman–Crippen LogP) is 20.9. The molecule has 0 saturated carbocycles. The summed E-state index contributed by atoms with van der Waals surface area (Å²) in [5, 5.41) is 7.33. The maximum absolute atomic E-state index is 7.10. The SMILES string of the molecule is CC1(C)c2ccccc2-c2ccc(-c3cc4c(c5c3oc3ccccc35)-c3ccc(CC(c5ccc6c(c5)C(C)(C)c5c7c(c8c(oc9ccccc98)c5-6)-c5ccccc5C7(C)C)c5ccc6ccccc6c5)cc3C4(C)C)cc21. The van der Waals surface area contributed by atoms with Gasteiger partial charge in [0.1, 0.15) is 22.3 Å². The van der Waals surface area contributed by atoms with Crippen molar-refractivity contribution in [3.05, 3.63) is 261 Å². The molecule has 0 saturated heterocycles. The Morgan fingerprint density at radius 3 is 1.62 bits per heavy atom. The van der Waals surface area contributed by atoms with Crippen LogP contribution in [0.15, 0.2) is 209 Å². The van der Waals surface area contributed by atoms with Crippen LogP contribution < -0.4 is 0 Å². The van der Waals surface area contributed by atoms with Gasteiger partial charge in [-0.2, -0.15) is 0 Å². The van der Waals surface area contributed by atoms with Gasteiger partial charge in [0.25, 0.3) is 0 Å². The van der Waals surface area contributed by atoms with E-state index in [1.54, 1.807) is 0 Å². The van der Waals surface area contributed by atoms with E-state index in [-0.39, 0.29) is 27.6 Å². The van der Waals surface area contributed by atoms with Crippen molar-refractivity contribution in [3.63, 3.8) is 0 Å². The number of benzene rings is 11. The first kappa shape index (κ1) is 46.2. The summed E-state index contributed by atoms with van der Waals surface area (Å²) in [6.45, 7) is 19.4. The summed E-state index contributed by atoms with van der Waals surface area (Å²) >= 11 is 0. The van der Waals surface area contributed by atoms with Gasteiger partial charge in [0.15, 0.2) is 0 Å². The number of hydrogen-bond donors (Lipinski definition) is 0. The highest BCUT2D eigenvalue weighted by molar-refractivity contribution is 6.21. The molecule has 13 aromatic rings. The Bertz CT molecular complexity index is 4930. The summed E-state index contributed by atoms with van der Waals surface area (Å²) in [7, 11) is 0. The Morgan fingerprint density at radius 1 is 0.338 bits per heavy atom. The van der Waals surface area contributed by atoms with Gasteiger partial charge in [0, 0.05) is 60.2 Å². The third kappa shape index (κ3) is 5.88. The van der Waals surface area contributed by atoms with Crippen LogP contribution in [-0.4, -0.2) is 0 Å². The van der Waals surface area contributed by atoms with E-state index in [9.17, 15) is 0 Å². The maximum Gasteiger partial charge on any atom is 0.144 e. The standard InChI is InChI=1S/C78H60O2/c1-75(2)58-25-15-11-21-49(58)50-35-32-48(41-61(50)75)57-42-63-66(68-54-23-13-17-27-64(54)79-73(57)68)52-34-29-43(38-60(52)76(63,3)4)37-56(46-31-30-44-19-9-10-20-45(44)39-46)47-33-36-53-62(40-47)78(7,8)72-70(53)74-69(55-24-14-18-28-65(55)80-74)67-51-22-12-16-26-59(51)77(5,6)71(67)72/h9-36,38-42,56H,37H2,1-8H3. The average molecular weight is 1030 g/mol. The molecule has 2 nitrogen and oxygen atoms in total. The molecule has 4 aliphatic carbocycles. The minimum absolute atomic E-state index is 0.0818. The van der Waals surface area contributed by atoms with E-state index in [4.69, 9.17) is 8.83 Å². The number of fused-ring (bicyclic) bond motifs is 23. The second kappa shape index (κ2) is 15.6. The first-order valence-corrected chi connectivity index (χ1v) is 28.8. The topological polar surface area (TPSA) is 26.3 Å². The molecular weight excluding hydrogens is 969 g/mol. The fraction of sp³-hybridized carbons (Fsp3) is 0.179. The zero-order valence-electron chi connectivity index (χ0n) is 46.7. The van der Waals surface area contributed by atoms with Crippen molar-refractivity contribution in [3.8, 4) is 55.6 Å². The first-order valence-electron chi connectivity index (χ1n) is 28.8. The molecule has 17 rings (SSSR count). The quantitative estimate of drug-likeness (QED) is 0.172. The molecule has 11 aromatic carbocycles. The van der Waals surface area contributed by atoms with Crippen LogP contribution in [0, 0.1) is 0 Å². The lowest BCUT2D eigenvalue weighted by molar-refractivity contribution is 0.599. The molecule has 4 aliphatic rings. The van der Waals surface area contributed by atoms with Gasteiger partial charge in [-0.25, -0.2) is 0 Å². The van der Waals surface area contributed by atoms with Crippen LogP contribution in [0.4, 0.5) is 0 Å². The Labute approximate surface area is 467 Å². The molecule has 2 aromatic heterocycles. The van der Waals surface area contributed by atoms with Gasteiger partial charge in [0.05, 0.1) is 0 Å². The van der Waals surface area contributed by atoms with E-state index in [2.05, 4.69) is 256 Å². The molecule has 0 N–H and O–H groups in total.